The van der Waals surface area contributed by atoms with Crippen molar-refractivity contribution in [3.8, 4) is 0 Å². The van der Waals surface area contributed by atoms with Gasteiger partial charge in [0, 0.05) is 31.6 Å². The number of benzene rings is 2. The Hall–Kier alpha value is -2.58. The second-order valence-corrected chi connectivity index (χ2v) is 7.57. The molecular formula is C21H20F3N3OS. The minimum Gasteiger partial charge on any atom is -0.349 e. The van der Waals surface area contributed by atoms with Gasteiger partial charge in [0.2, 0.25) is 0 Å². The highest BCUT2D eigenvalue weighted by Gasteiger charge is 2.39. The van der Waals surface area contributed by atoms with E-state index in [0.717, 1.165) is 43.8 Å². The first-order valence-electron chi connectivity index (χ1n) is 9.30. The van der Waals surface area contributed by atoms with E-state index in [2.05, 4.69) is 15.7 Å². The molecule has 0 bridgehead atoms. The summed E-state index contributed by atoms with van der Waals surface area (Å²) in [7, 11) is 0. The fourth-order valence-electron chi connectivity index (χ4n) is 3.52. The van der Waals surface area contributed by atoms with Gasteiger partial charge in [0.1, 0.15) is 5.60 Å². The third-order valence-electron chi connectivity index (χ3n) is 5.22. The molecule has 2 N–H and O–H groups in total. The van der Waals surface area contributed by atoms with Crippen LogP contribution in [0.1, 0.15) is 24.0 Å². The highest BCUT2D eigenvalue weighted by molar-refractivity contribution is 7.80. The van der Waals surface area contributed by atoms with Crippen LogP contribution in [0.15, 0.2) is 60.7 Å². The van der Waals surface area contributed by atoms with Crippen molar-refractivity contribution in [2.75, 3.05) is 18.4 Å². The Kier molecular flexibility index (Phi) is 5.23. The van der Waals surface area contributed by atoms with Crippen molar-refractivity contribution in [1.29, 1.82) is 0 Å². The van der Waals surface area contributed by atoms with Gasteiger partial charge in [0.05, 0.1) is 11.3 Å². The summed E-state index contributed by atoms with van der Waals surface area (Å²) in [5.74, 6) is 0. The van der Waals surface area contributed by atoms with Crippen LogP contribution in [-0.4, -0.2) is 28.7 Å². The first-order valence-corrected chi connectivity index (χ1v) is 9.71. The number of nitrogens with zero attached hydrogens (tertiary/aromatic N) is 1. The van der Waals surface area contributed by atoms with Crippen LogP contribution in [0.4, 0.5) is 18.9 Å². The van der Waals surface area contributed by atoms with Crippen LogP contribution in [0.3, 0.4) is 0 Å². The lowest BCUT2D eigenvalue weighted by Gasteiger charge is -2.37. The van der Waals surface area contributed by atoms with Gasteiger partial charge >= 0.3 is 6.18 Å². The number of alkyl halides is 3. The second-order valence-electron chi connectivity index (χ2n) is 7.19. The van der Waals surface area contributed by atoms with Gasteiger partial charge in [-0.2, -0.15) is 13.2 Å². The molecule has 1 saturated heterocycles. The first kappa shape index (κ1) is 19.7. The molecule has 2 aliphatic rings. The zero-order valence-electron chi connectivity index (χ0n) is 15.5. The van der Waals surface area contributed by atoms with Gasteiger partial charge in [-0.25, -0.2) is 0 Å². The van der Waals surface area contributed by atoms with Crippen molar-refractivity contribution in [2.24, 2.45) is 0 Å². The normalized spacial score (nSPS) is 18.3. The molecule has 2 heterocycles. The maximum absolute atomic E-state index is 12.7. The van der Waals surface area contributed by atoms with Crippen LogP contribution in [0.5, 0.6) is 0 Å². The average Bonchev–Trinajstić information content (AvgIpc) is 3.12. The van der Waals surface area contributed by atoms with Gasteiger partial charge in [-0.3, -0.25) is 10.3 Å². The quantitative estimate of drug-likeness (QED) is 0.683. The lowest BCUT2D eigenvalue weighted by molar-refractivity contribution is -0.137. The molecule has 1 spiro atoms. The van der Waals surface area contributed by atoms with E-state index in [4.69, 9.17) is 17.1 Å². The first-order chi connectivity index (χ1) is 13.8. The number of para-hydroxylation sites is 1. The smallest absolute Gasteiger partial charge is 0.349 e. The predicted octanol–water partition coefficient (Wildman–Crippen LogP) is 4.81. The summed E-state index contributed by atoms with van der Waals surface area (Å²) in [5.41, 5.74) is 4.05. The molecular weight excluding hydrogens is 399 g/mol. The fourth-order valence-corrected chi connectivity index (χ4v) is 3.82. The molecule has 0 radical (unpaired) electrons. The number of hydrogen-bond acceptors (Lipinski definition) is 3. The third-order valence-corrected chi connectivity index (χ3v) is 5.58. The number of thiocarbonyl (C=S) groups is 1. The number of likely N-dealkylation sites (tertiary alicyclic amines) is 1. The Balaban J connectivity index is 1.39. The summed E-state index contributed by atoms with van der Waals surface area (Å²) in [6.45, 7) is 1.44. The van der Waals surface area contributed by atoms with E-state index in [0.29, 0.717) is 16.4 Å². The molecule has 152 valence electrons. The van der Waals surface area contributed by atoms with Crippen LogP contribution in [0, 0.1) is 0 Å². The fraction of sp³-hybridized carbons (Fsp3) is 0.286. The summed E-state index contributed by atoms with van der Waals surface area (Å²) in [5, 5.41) is 3.91. The monoisotopic (exact) mass is 419 g/mol. The second kappa shape index (κ2) is 7.68. The van der Waals surface area contributed by atoms with E-state index in [9.17, 15) is 13.2 Å². The number of halogens is 3. The Labute approximate surface area is 172 Å². The molecule has 0 saturated carbocycles. The van der Waals surface area contributed by atoms with Gasteiger partial charge < -0.3 is 10.2 Å². The number of rotatable bonds is 2. The largest absolute Gasteiger partial charge is 0.416 e. The van der Waals surface area contributed by atoms with E-state index in [1.165, 1.54) is 12.1 Å². The van der Waals surface area contributed by atoms with Gasteiger partial charge in [-0.1, -0.05) is 30.3 Å². The minimum absolute atomic E-state index is 0.475. The van der Waals surface area contributed by atoms with E-state index < -0.39 is 17.3 Å². The predicted molar refractivity (Wildman–Crippen MR) is 110 cm³/mol. The van der Waals surface area contributed by atoms with Crippen LogP contribution in [0.25, 0.3) is 5.70 Å². The molecule has 0 amide bonds. The molecule has 1 fully saturated rings. The highest BCUT2D eigenvalue weighted by Crippen LogP contribution is 2.36. The van der Waals surface area contributed by atoms with Crippen molar-refractivity contribution >= 4 is 28.7 Å². The molecule has 4 rings (SSSR count). The number of anilines is 1. The molecule has 0 aliphatic carbocycles. The zero-order valence-corrected chi connectivity index (χ0v) is 16.3. The molecule has 29 heavy (non-hydrogen) atoms. The van der Waals surface area contributed by atoms with Gasteiger partial charge in [-0.05, 0) is 48.1 Å². The van der Waals surface area contributed by atoms with Gasteiger partial charge in [0.15, 0.2) is 5.11 Å². The van der Waals surface area contributed by atoms with Crippen molar-refractivity contribution in [3.63, 3.8) is 0 Å². The van der Waals surface area contributed by atoms with Gasteiger partial charge in [-0.15, -0.1) is 0 Å². The summed E-state index contributed by atoms with van der Waals surface area (Å²) >= 11 is 5.51. The molecule has 2 aromatic rings. The number of hydrogen-bond donors (Lipinski definition) is 2. The van der Waals surface area contributed by atoms with E-state index in [-0.39, 0.29) is 0 Å². The van der Waals surface area contributed by atoms with E-state index in [1.807, 2.05) is 36.4 Å². The number of piperidine rings is 1. The summed E-state index contributed by atoms with van der Waals surface area (Å²) in [6.07, 6.45) is -0.922. The van der Waals surface area contributed by atoms with Crippen molar-refractivity contribution < 1.29 is 18.0 Å². The van der Waals surface area contributed by atoms with Gasteiger partial charge in [0.25, 0.3) is 0 Å². The maximum Gasteiger partial charge on any atom is 0.416 e. The molecule has 8 heteroatoms. The molecule has 0 atom stereocenters. The topological polar surface area (TPSA) is 36.5 Å². The van der Waals surface area contributed by atoms with E-state index >= 15 is 0 Å². The van der Waals surface area contributed by atoms with Crippen molar-refractivity contribution in [1.82, 2.24) is 10.4 Å². The Morgan fingerprint density at radius 3 is 2.31 bits per heavy atom. The highest BCUT2D eigenvalue weighted by atomic mass is 32.1. The van der Waals surface area contributed by atoms with Crippen molar-refractivity contribution in [2.45, 2.75) is 24.6 Å². The standard InChI is InChI=1S/C21H20F3N3OS/c22-21(23,24)16-8-6-15(7-9-16)18-14-20(28-26-18)10-12-27(13-11-20)19(29)25-17-4-2-1-3-5-17/h1-9,14,26H,10-13H2,(H,25,29). The van der Waals surface area contributed by atoms with Crippen LogP contribution in [-0.2, 0) is 11.0 Å². The lowest BCUT2D eigenvalue weighted by Crippen LogP contribution is -2.48. The van der Waals surface area contributed by atoms with E-state index in [1.54, 1.807) is 0 Å². The summed E-state index contributed by atoms with van der Waals surface area (Å²) in [6, 6.07) is 14.8. The minimum atomic E-state index is -4.34. The maximum atomic E-state index is 12.7. The van der Waals surface area contributed by atoms with Crippen molar-refractivity contribution in [3.05, 3.63) is 71.8 Å². The SMILES string of the molecule is FC(F)(F)c1ccc(C2=CC3(CCN(C(=S)Nc4ccccc4)CC3)ON2)cc1. The molecule has 4 nitrogen and oxygen atoms in total. The van der Waals surface area contributed by atoms with Crippen LogP contribution >= 0.6 is 12.2 Å². The summed E-state index contributed by atoms with van der Waals surface area (Å²) < 4.78 is 38.2. The Morgan fingerprint density at radius 2 is 1.69 bits per heavy atom. The summed E-state index contributed by atoms with van der Waals surface area (Å²) in [4.78, 5) is 7.94. The number of nitrogens with one attached hydrogen (secondary N) is 2. The van der Waals surface area contributed by atoms with Crippen LogP contribution in [0.2, 0.25) is 0 Å². The van der Waals surface area contributed by atoms with Crippen LogP contribution < -0.4 is 10.8 Å². The Bertz CT molecular complexity index is 905. The zero-order chi connectivity index (χ0) is 20.5. The third kappa shape index (κ3) is 4.38. The lowest BCUT2D eigenvalue weighted by atomic mass is 9.90. The molecule has 2 aromatic carbocycles. The molecule has 0 aromatic heterocycles. The Morgan fingerprint density at radius 1 is 1.03 bits per heavy atom. The average molecular weight is 419 g/mol. The number of hydroxylamine groups is 1. The molecule has 0 unspecified atom stereocenters. The molecule has 2 aliphatic heterocycles.